The highest BCUT2D eigenvalue weighted by atomic mass is 32.1. The van der Waals surface area contributed by atoms with Crippen LogP contribution in [0, 0.1) is 0 Å². The number of carbonyl (C=O) groups excluding carboxylic acids is 2. The van der Waals surface area contributed by atoms with Crippen molar-refractivity contribution >= 4 is 23.2 Å². The number of amides is 1. The maximum atomic E-state index is 12.2. The van der Waals surface area contributed by atoms with E-state index in [2.05, 4.69) is 4.98 Å². The molecule has 0 aliphatic rings. The van der Waals surface area contributed by atoms with Gasteiger partial charge in [-0.15, -0.1) is 11.3 Å². The molecule has 7 heteroatoms. The smallest absolute Gasteiger partial charge is 0.367 e. The van der Waals surface area contributed by atoms with Gasteiger partial charge in [0.25, 0.3) is 5.91 Å². The Balaban J connectivity index is 2.85. The average molecular weight is 286 g/mol. The van der Waals surface area contributed by atoms with E-state index in [9.17, 15) is 9.59 Å². The summed E-state index contributed by atoms with van der Waals surface area (Å²) in [4.78, 5) is 29.1. The Kier molecular flexibility index (Phi) is 5.91. The number of carbonyl (C=O) groups is 2. The summed E-state index contributed by atoms with van der Waals surface area (Å²) in [5.74, 6) is -0.819. The van der Waals surface area contributed by atoms with Gasteiger partial charge < -0.3 is 14.7 Å². The maximum absolute atomic E-state index is 12.2. The summed E-state index contributed by atoms with van der Waals surface area (Å²) in [7, 11) is 0. The van der Waals surface area contributed by atoms with Crippen molar-refractivity contribution in [2.45, 2.75) is 26.8 Å². The number of aliphatic hydroxyl groups excluding tert-OH is 1. The zero-order valence-electron chi connectivity index (χ0n) is 11.3. The fourth-order valence-corrected chi connectivity index (χ4v) is 2.19. The molecule has 1 rings (SSSR count). The van der Waals surface area contributed by atoms with Gasteiger partial charge in [0.1, 0.15) is 5.69 Å². The second-order valence-electron chi connectivity index (χ2n) is 4.07. The third-order valence-electron chi connectivity index (χ3n) is 2.40. The van der Waals surface area contributed by atoms with Crippen molar-refractivity contribution in [1.29, 1.82) is 0 Å². The molecule has 0 radical (unpaired) electrons. The first-order chi connectivity index (χ1) is 9.01. The van der Waals surface area contributed by atoms with Crippen molar-refractivity contribution in [2.24, 2.45) is 0 Å². The van der Waals surface area contributed by atoms with Crippen LogP contribution >= 0.6 is 11.3 Å². The quantitative estimate of drug-likeness (QED) is 0.794. The molecule has 1 heterocycles. The van der Waals surface area contributed by atoms with E-state index in [0.29, 0.717) is 0 Å². The number of esters is 1. The van der Waals surface area contributed by atoms with E-state index in [1.165, 1.54) is 10.3 Å². The van der Waals surface area contributed by atoms with Crippen LogP contribution in [0.4, 0.5) is 0 Å². The Hall–Kier alpha value is -1.47. The van der Waals surface area contributed by atoms with E-state index in [4.69, 9.17) is 9.84 Å². The minimum atomic E-state index is -0.523. The van der Waals surface area contributed by atoms with Crippen LogP contribution < -0.4 is 0 Å². The number of nitrogens with zero attached hydrogens (tertiary/aromatic N) is 2. The summed E-state index contributed by atoms with van der Waals surface area (Å²) < 4.78 is 4.82. The van der Waals surface area contributed by atoms with Gasteiger partial charge in [0, 0.05) is 18.0 Å². The monoisotopic (exact) mass is 286 g/mol. The van der Waals surface area contributed by atoms with Crippen LogP contribution in [-0.2, 0) is 4.74 Å². The molecule has 1 aromatic heterocycles. The molecule has 1 aromatic rings. The molecule has 106 valence electrons. The minimum absolute atomic E-state index is 0.0487. The lowest BCUT2D eigenvalue weighted by Gasteiger charge is -2.24. The van der Waals surface area contributed by atoms with Crippen molar-refractivity contribution in [3.63, 3.8) is 0 Å². The first-order valence-corrected chi connectivity index (χ1v) is 6.93. The molecule has 6 nitrogen and oxygen atoms in total. The van der Waals surface area contributed by atoms with E-state index in [1.807, 2.05) is 13.8 Å². The Morgan fingerprint density at radius 3 is 2.74 bits per heavy atom. The SMILES string of the molecule is CCOC(=O)c1nc(C(=O)N(CCO)C(C)C)cs1. The van der Waals surface area contributed by atoms with Gasteiger partial charge in [-0.1, -0.05) is 0 Å². The molecule has 0 atom stereocenters. The standard InChI is InChI=1S/C12H18N2O4S/c1-4-18-12(17)10-13-9(7-19-10)11(16)14(5-6-15)8(2)3/h7-8,15H,4-6H2,1-3H3. The van der Waals surface area contributed by atoms with Crippen LogP contribution in [0.15, 0.2) is 5.38 Å². The highest BCUT2D eigenvalue weighted by Crippen LogP contribution is 2.14. The molecule has 19 heavy (non-hydrogen) atoms. The van der Waals surface area contributed by atoms with Crippen molar-refractivity contribution in [3.05, 3.63) is 16.1 Å². The van der Waals surface area contributed by atoms with Gasteiger partial charge in [-0.05, 0) is 20.8 Å². The van der Waals surface area contributed by atoms with Gasteiger partial charge in [-0.3, -0.25) is 4.79 Å². The Morgan fingerprint density at radius 2 is 2.21 bits per heavy atom. The Bertz CT molecular complexity index is 445. The number of rotatable bonds is 6. The highest BCUT2D eigenvalue weighted by molar-refractivity contribution is 7.11. The van der Waals surface area contributed by atoms with Gasteiger partial charge in [-0.25, -0.2) is 9.78 Å². The summed E-state index contributed by atoms with van der Waals surface area (Å²) >= 11 is 1.08. The molecule has 0 aliphatic carbocycles. The number of hydrogen-bond acceptors (Lipinski definition) is 6. The molecular formula is C12H18N2O4S. The molecule has 1 amide bonds. The van der Waals surface area contributed by atoms with Crippen LogP contribution in [-0.4, -0.2) is 52.7 Å². The van der Waals surface area contributed by atoms with Crippen molar-refractivity contribution in [2.75, 3.05) is 19.8 Å². The van der Waals surface area contributed by atoms with Gasteiger partial charge in [-0.2, -0.15) is 0 Å². The molecule has 0 spiro atoms. The van der Waals surface area contributed by atoms with Crippen molar-refractivity contribution in [1.82, 2.24) is 9.88 Å². The molecule has 0 saturated heterocycles. The minimum Gasteiger partial charge on any atom is -0.461 e. The topological polar surface area (TPSA) is 79.7 Å². The number of hydrogen-bond donors (Lipinski definition) is 1. The first-order valence-electron chi connectivity index (χ1n) is 6.05. The number of aromatic nitrogens is 1. The number of thiazole rings is 1. The number of aliphatic hydroxyl groups is 1. The Labute approximate surface area is 116 Å². The highest BCUT2D eigenvalue weighted by Gasteiger charge is 2.22. The lowest BCUT2D eigenvalue weighted by atomic mass is 10.3. The number of ether oxygens (including phenoxy) is 1. The van der Waals surface area contributed by atoms with Gasteiger partial charge in [0.05, 0.1) is 13.2 Å². The molecule has 0 unspecified atom stereocenters. The largest absolute Gasteiger partial charge is 0.461 e. The molecule has 0 fully saturated rings. The van der Waals surface area contributed by atoms with Crippen LogP contribution in [0.3, 0.4) is 0 Å². The Morgan fingerprint density at radius 1 is 1.53 bits per heavy atom. The first kappa shape index (κ1) is 15.6. The van der Waals surface area contributed by atoms with Crippen molar-refractivity contribution < 1.29 is 19.4 Å². The fraction of sp³-hybridized carbons (Fsp3) is 0.583. The molecule has 0 aromatic carbocycles. The molecule has 0 saturated carbocycles. The zero-order chi connectivity index (χ0) is 14.4. The van der Waals surface area contributed by atoms with E-state index >= 15 is 0 Å². The lowest BCUT2D eigenvalue weighted by Crippen LogP contribution is -2.39. The lowest BCUT2D eigenvalue weighted by molar-refractivity contribution is 0.0525. The summed E-state index contributed by atoms with van der Waals surface area (Å²) in [5.41, 5.74) is 0.204. The third kappa shape index (κ3) is 4.00. The summed E-state index contributed by atoms with van der Waals surface area (Å²) in [6.45, 7) is 5.81. The summed E-state index contributed by atoms with van der Waals surface area (Å²) in [6.07, 6.45) is 0. The van der Waals surface area contributed by atoms with E-state index in [-0.39, 0.29) is 42.4 Å². The summed E-state index contributed by atoms with van der Waals surface area (Å²) in [6, 6.07) is -0.0487. The molecule has 1 N–H and O–H groups in total. The van der Waals surface area contributed by atoms with Gasteiger partial charge in [0.2, 0.25) is 5.01 Å². The van der Waals surface area contributed by atoms with E-state index in [0.717, 1.165) is 11.3 Å². The molecular weight excluding hydrogens is 268 g/mol. The second-order valence-corrected chi connectivity index (χ2v) is 4.93. The summed E-state index contributed by atoms with van der Waals surface area (Å²) in [5, 5.41) is 10.7. The van der Waals surface area contributed by atoms with E-state index < -0.39 is 5.97 Å². The third-order valence-corrected chi connectivity index (χ3v) is 3.22. The average Bonchev–Trinajstić information content (AvgIpc) is 2.84. The van der Waals surface area contributed by atoms with Crippen LogP contribution in [0.1, 0.15) is 41.1 Å². The molecule has 0 bridgehead atoms. The predicted molar refractivity (Wildman–Crippen MR) is 71.3 cm³/mol. The van der Waals surface area contributed by atoms with Crippen LogP contribution in [0.2, 0.25) is 0 Å². The van der Waals surface area contributed by atoms with Crippen LogP contribution in [0.25, 0.3) is 0 Å². The normalized spacial score (nSPS) is 10.6. The molecule has 0 aliphatic heterocycles. The fourth-order valence-electron chi connectivity index (χ4n) is 1.51. The van der Waals surface area contributed by atoms with Crippen molar-refractivity contribution in [3.8, 4) is 0 Å². The van der Waals surface area contributed by atoms with Gasteiger partial charge >= 0.3 is 5.97 Å². The predicted octanol–water partition coefficient (Wildman–Crippen LogP) is 1.16. The van der Waals surface area contributed by atoms with Crippen LogP contribution in [0.5, 0.6) is 0 Å². The second kappa shape index (κ2) is 7.20. The van der Waals surface area contributed by atoms with Gasteiger partial charge in [0.15, 0.2) is 0 Å². The maximum Gasteiger partial charge on any atom is 0.367 e. The zero-order valence-corrected chi connectivity index (χ0v) is 12.1. The van der Waals surface area contributed by atoms with E-state index in [1.54, 1.807) is 6.92 Å².